The van der Waals surface area contributed by atoms with Gasteiger partial charge in [-0.25, -0.2) is 14.4 Å². The predicted molar refractivity (Wildman–Crippen MR) is 381 cm³/mol. The van der Waals surface area contributed by atoms with Crippen molar-refractivity contribution in [1.82, 2.24) is 25.8 Å². The number of nitrogens with two attached hydrogens (primary N) is 2. The second-order valence-electron chi connectivity index (χ2n) is 26.3. The summed E-state index contributed by atoms with van der Waals surface area (Å²) in [4.78, 5) is 115. The van der Waals surface area contributed by atoms with E-state index in [0.29, 0.717) is 138 Å². The standard InChI is InChI=1S/C72H94Cl2N10O17/c1-46(2)63(80-60(86)19-24-94-26-28-96-30-32-98-34-35-99-33-31-97-29-27-95-25-20-75)65(88)79-55(14-9-21-77-68(76)91)64(87)78-50-17-15-47(16-18-50)42-100-69(92)81(3)22-23-82(4)70(93)101-59-37-57-62(54-13-8-6-11-52(54)59)49(39-74)41-84(57)67(90)72-43-71(44-72,45-72)66(89)83-40-48(38-73)61-53-12-7-5-10-51(53)58(85)36-56(61)83/h5-8,10-13,15-18,36-37,46,48-49,55,63,85H,9,14,19-35,38-45,75H2,1-4H3,(H,78,87)(H,79,88)(H,80,86)(H3,76,77,91)/t48-,49-,55?,63+,71?,72?/m1/s1. The highest BCUT2D eigenvalue weighted by Gasteiger charge is 2.76. The molecule has 0 saturated heterocycles. The number of carbonyl (C=O) groups excluding carboxylic acids is 8. The van der Waals surface area contributed by atoms with Crippen LogP contribution in [0.15, 0.2) is 84.9 Å². The van der Waals surface area contributed by atoms with Crippen LogP contribution >= 0.6 is 23.2 Å². The van der Waals surface area contributed by atoms with E-state index in [9.17, 15) is 43.5 Å². The molecule has 2 heterocycles. The summed E-state index contributed by atoms with van der Waals surface area (Å²) in [5, 5.41) is 24.8. The molecule has 4 atom stereocenters. The molecule has 1 unspecified atom stereocenters. The first-order valence-electron chi connectivity index (χ1n) is 34.3. The van der Waals surface area contributed by atoms with Gasteiger partial charge in [0.25, 0.3) is 0 Å². The number of nitrogens with zero attached hydrogens (tertiary/aromatic N) is 4. The quantitative estimate of drug-likeness (QED) is 0.0152. The van der Waals surface area contributed by atoms with Crippen LogP contribution in [0, 0.1) is 16.7 Å². The smallest absolute Gasteiger partial charge is 0.415 e. The Labute approximate surface area is 597 Å². The van der Waals surface area contributed by atoms with Crippen molar-refractivity contribution in [2.75, 3.05) is 160 Å². The first kappa shape index (κ1) is 77.0. The second kappa shape index (κ2) is 36.7. The summed E-state index contributed by atoms with van der Waals surface area (Å²) < 4.78 is 44.4. The average Bonchev–Trinajstić information content (AvgIpc) is 1.55. The minimum absolute atomic E-state index is 0.0325. The number of hydrogen-bond donors (Lipinski definition) is 7. The van der Waals surface area contributed by atoms with Crippen molar-refractivity contribution >= 4 is 110 Å². The van der Waals surface area contributed by atoms with E-state index in [1.807, 2.05) is 48.5 Å². The fourth-order valence-corrected chi connectivity index (χ4v) is 14.0. The molecule has 27 nitrogen and oxygen atoms in total. The summed E-state index contributed by atoms with van der Waals surface area (Å²) in [5.74, 6) is -1.61. The van der Waals surface area contributed by atoms with Crippen molar-refractivity contribution in [3.05, 3.63) is 102 Å². The molecule has 3 saturated carbocycles. The molecular weight excluding hydrogens is 1350 g/mol. The minimum atomic E-state index is -1.09. The van der Waals surface area contributed by atoms with Crippen LogP contribution in [0.4, 0.5) is 31.4 Å². The molecule has 3 fully saturated rings. The fourth-order valence-electron chi connectivity index (χ4n) is 13.5. The van der Waals surface area contributed by atoms with Crippen molar-refractivity contribution in [2.24, 2.45) is 28.2 Å². The molecule has 9 N–H and O–H groups in total. The molecule has 5 aliphatic rings. The van der Waals surface area contributed by atoms with Gasteiger partial charge in [-0.15, -0.1) is 23.2 Å². The number of rotatable bonds is 40. The van der Waals surface area contributed by atoms with E-state index in [1.54, 1.807) is 67.1 Å². The maximum absolute atomic E-state index is 14.9. The number of likely N-dealkylation sites (N-methyl/N-ethyl adjacent to an activating group) is 2. The number of aromatic hydroxyl groups is 1. The zero-order chi connectivity index (χ0) is 72.2. The van der Waals surface area contributed by atoms with E-state index in [4.69, 9.17) is 72.6 Å². The Bertz CT molecular complexity index is 3700. The van der Waals surface area contributed by atoms with Crippen LogP contribution in [0.5, 0.6) is 11.5 Å². The SMILES string of the molecule is CC(C)[C@H](NC(=O)CCOCCOCCOCCOCCOCCOCCN)C(=O)NC(CCCNC(N)=O)C(=O)Nc1ccc(COC(=O)N(C)CCN(C)C(=O)Oc2cc3c(c4ccccc24)[C@H](CCl)CN3C(=O)C23CC(C(=O)N4C[C@@H](CCl)c5c4cc(O)c4ccccc54)(C2)C3)cc1. The van der Waals surface area contributed by atoms with Crippen LogP contribution in [0.2, 0.25) is 0 Å². The van der Waals surface area contributed by atoms with Gasteiger partial charge in [-0.2, -0.15) is 0 Å². The van der Waals surface area contributed by atoms with Crippen LogP contribution in [-0.4, -0.2) is 219 Å². The summed E-state index contributed by atoms with van der Waals surface area (Å²) in [6.45, 7) is 9.33. The Kier molecular flexibility index (Phi) is 28.0. The van der Waals surface area contributed by atoms with Gasteiger partial charge in [-0.05, 0) is 77.6 Å². The minimum Gasteiger partial charge on any atom is -0.507 e. The molecule has 101 heavy (non-hydrogen) atoms. The lowest BCUT2D eigenvalue weighted by atomic mass is 9.34. The van der Waals surface area contributed by atoms with Crippen LogP contribution in [0.1, 0.15) is 80.9 Å². The Morgan fingerprint density at radius 2 is 1.11 bits per heavy atom. The van der Waals surface area contributed by atoms with Gasteiger partial charge >= 0.3 is 18.2 Å². The number of carbonyl (C=O) groups is 8. The molecule has 3 aliphatic carbocycles. The molecule has 10 rings (SSSR count). The number of hydrogen-bond acceptors (Lipinski definition) is 18. The molecule has 2 aliphatic heterocycles. The lowest BCUT2D eigenvalue weighted by Gasteiger charge is -2.69. The molecule has 0 spiro atoms. The number of fused-ring (bicyclic) bond motifs is 6. The number of alkyl halides is 2. The number of phenols is 1. The number of halogens is 2. The Morgan fingerprint density at radius 3 is 1.62 bits per heavy atom. The highest BCUT2D eigenvalue weighted by molar-refractivity contribution is 6.20. The van der Waals surface area contributed by atoms with E-state index >= 15 is 0 Å². The fraction of sp³-hybridized carbons (Fsp3) is 0.528. The Balaban J connectivity index is 0.701. The second-order valence-corrected chi connectivity index (χ2v) is 26.9. The highest BCUT2D eigenvalue weighted by Crippen LogP contribution is 2.75. The number of amides is 9. The molecule has 2 bridgehead atoms. The van der Waals surface area contributed by atoms with Crippen LogP contribution in [0.3, 0.4) is 0 Å². The Hall–Kier alpha value is -8.12. The lowest BCUT2D eigenvalue weighted by Crippen LogP contribution is -2.73. The molecule has 5 aromatic carbocycles. The molecule has 5 aromatic rings. The average molecular weight is 1440 g/mol. The number of benzene rings is 5. The largest absolute Gasteiger partial charge is 0.507 e. The molecule has 9 amide bonds. The third kappa shape index (κ3) is 19.3. The number of phenolic OH excluding ortho intramolecular Hbond substituents is 1. The first-order valence-corrected chi connectivity index (χ1v) is 35.3. The molecule has 0 radical (unpaired) electrons. The highest BCUT2D eigenvalue weighted by atomic mass is 35.5. The van der Waals surface area contributed by atoms with Crippen LogP contribution < -0.4 is 47.3 Å². The third-order valence-electron chi connectivity index (χ3n) is 18.7. The maximum atomic E-state index is 14.9. The van der Waals surface area contributed by atoms with Crippen molar-refractivity contribution in [1.29, 1.82) is 0 Å². The van der Waals surface area contributed by atoms with E-state index in [1.165, 1.54) is 16.8 Å². The van der Waals surface area contributed by atoms with Gasteiger partial charge in [0.1, 0.15) is 30.2 Å². The van der Waals surface area contributed by atoms with E-state index < -0.39 is 58.9 Å². The molecular formula is C72H94Cl2N10O17. The van der Waals surface area contributed by atoms with Gasteiger partial charge < -0.3 is 95.3 Å². The first-order chi connectivity index (χ1) is 48.7. The number of anilines is 3. The number of ether oxygens (including phenoxy) is 8. The van der Waals surface area contributed by atoms with Gasteiger partial charge in [-0.1, -0.05) is 74.5 Å². The van der Waals surface area contributed by atoms with E-state index in [-0.39, 0.29) is 112 Å². The molecule has 29 heteroatoms. The predicted octanol–water partition coefficient (Wildman–Crippen LogP) is 7.07. The third-order valence-corrected chi connectivity index (χ3v) is 19.5. The van der Waals surface area contributed by atoms with Gasteiger partial charge in [0.2, 0.25) is 29.5 Å². The normalized spacial score (nSPS) is 18.4. The van der Waals surface area contributed by atoms with Crippen LogP contribution in [0.25, 0.3) is 21.5 Å². The summed E-state index contributed by atoms with van der Waals surface area (Å²) in [7, 11) is 3.07. The van der Waals surface area contributed by atoms with Crippen molar-refractivity contribution < 1.29 is 81.4 Å². The Morgan fingerprint density at radius 1 is 0.624 bits per heavy atom. The number of primary amides is 1. The van der Waals surface area contributed by atoms with Gasteiger partial charge in [0, 0.05) is 112 Å². The summed E-state index contributed by atoms with van der Waals surface area (Å²) >= 11 is 13.2. The van der Waals surface area contributed by atoms with Crippen molar-refractivity contribution in [2.45, 2.75) is 82.9 Å². The van der Waals surface area contributed by atoms with Crippen LogP contribution in [-0.2, 0) is 63.7 Å². The zero-order valence-electron chi connectivity index (χ0n) is 57.7. The van der Waals surface area contributed by atoms with Gasteiger partial charge in [0.15, 0.2) is 0 Å². The van der Waals surface area contributed by atoms with E-state index in [2.05, 4.69) is 21.3 Å². The zero-order valence-corrected chi connectivity index (χ0v) is 59.3. The summed E-state index contributed by atoms with van der Waals surface area (Å²) in [6, 6.07) is 22.1. The maximum Gasteiger partial charge on any atom is 0.415 e. The van der Waals surface area contributed by atoms with Crippen molar-refractivity contribution in [3.63, 3.8) is 0 Å². The van der Waals surface area contributed by atoms with Gasteiger partial charge in [0.05, 0.1) is 101 Å². The number of urea groups is 1. The van der Waals surface area contributed by atoms with E-state index in [0.717, 1.165) is 21.9 Å². The number of nitrogens with one attached hydrogen (secondary N) is 4. The molecule has 548 valence electrons. The monoisotopic (exact) mass is 1440 g/mol. The summed E-state index contributed by atoms with van der Waals surface area (Å²) in [5.41, 5.74) is 13.2. The topological polar surface area (TPSA) is 344 Å². The van der Waals surface area contributed by atoms with Gasteiger partial charge in [-0.3, -0.25) is 24.0 Å². The lowest BCUT2D eigenvalue weighted by molar-refractivity contribution is -0.205. The molecule has 0 aromatic heterocycles. The summed E-state index contributed by atoms with van der Waals surface area (Å²) in [6.07, 6.45) is 0.104. The van der Waals surface area contributed by atoms with Crippen molar-refractivity contribution in [3.8, 4) is 11.5 Å².